The van der Waals surface area contributed by atoms with Gasteiger partial charge < -0.3 is 4.90 Å². The van der Waals surface area contributed by atoms with Crippen molar-refractivity contribution in [1.82, 2.24) is 4.90 Å². The van der Waals surface area contributed by atoms with Gasteiger partial charge >= 0.3 is 0 Å². The molecule has 1 atom stereocenters. The summed E-state index contributed by atoms with van der Waals surface area (Å²) in [5.41, 5.74) is 1.09. The standard InChI is InChI=1S/C14H17Br2NO/c15-10-13-3-1-2-8-17(13)14(18)9-11-4-6-12(16)7-5-11/h4-7,13H,1-3,8-10H2. The van der Waals surface area contributed by atoms with Gasteiger partial charge in [0.05, 0.1) is 6.42 Å². The minimum atomic E-state index is 0.251. The minimum absolute atomic E-state index is 0.251. The Balaban J connectivity index is 2.00. The maximum absolute atomic E-state index is 12.3. The van der Waals surface area contributed by atoms with E-state index in [1.165, 1.54) is 6.42 Å². The molecule has 0 spiro atoms. The van der Waals surface area contributed by atoms with E-state index in [4.69, 9.17) is 0 Å². The van der Waals surface area contributed by atoms with E-state index in [0.29, 0.717) is 12.5 Å². The monoisotopic (exact) mass is 373 g/mol. The largest absolute Gasteiger partial charge is 0.339 e. The number of hydrogen-bond acceptors (Lipinski definition) is 1. The number of hydrogen-bond donors (Lipinski definition) is 0. The molecule has 1 unspecified atom stereocenters. The molecule has 1 fully saturated rings. The van der Waals surface area contributed by atoms with Crippen LogP contribution in [0.25, 0.3) is 0 Å². The molecule has 98 valence electrons. The Morgan fingerprint density at radius 1 is 1.28 bits per heavy atom. The molecule has 0 bridgehead atoms. The molecular weight excluding hydrogens is 358 g/mol. The third kappa shape index (κ3) is 3.58. The zero-order valence-electron chi connectivity index (χ0n) is 10.2. The van der Waals surface area contributed by atoms with Crippen molar-refractivity contribution in [1.29, 1.82) is 0 Å². The summed E-state index contributed by atoms with van der Waals surface area (Å²) in [6.07, 6.45) is 4.00. The smallest absolute Gasteiger partial charge is 0.227 e. The Morgan fingerprint density at radius 2 is 2.00 bits per heavy atom. The number of benzene rings is 1. The van der Waals surface area contributed by atoms with Crippen LogP contribution >= 0.6 is 31.9 Å². The van der Waals surface area contributed by atoms with Gasteiger partial charge in [0.15, 0.2) is 0 Å². The van der Waals surface area contributed by atoms with Crippen LogP contribution in [0.5, 0.6) is 0 Å². The highest BCUT2D eigenvalue weighted by molar-refractivity contribution is 9.10. The van der Waals surface area contributed by atoms with Crippen LogP contribution in [0.2, 0.25) is 0 Å². The molecule has 1 aromatic rings. The van der Waals surface area contributed by atoms with Crippen molar-refractivity contribution >= 4 is 37.8 Å². The van der Waals surface area contributed by atoms with Gasteiger partial charge in [0.1, 0.15) is 0 Å². The van der Waals surface area contributed by atoms with E-state index in [-0.39, 0.29) is 5.91 Å². The predicted molar refractivity (Wildman–Crippen MR) is 81.0 cm³/mol. The molecule has 1 saturated heterocycles. The van der Waals surface area contributed by atoms with Crippen molar-refractivity contribution in [2.45, 2.75) is 31.7 Å². The lowest BCUT2D eigenvalue weighted by Gasteiger charge is -2.34. The summed E-state index contributed by atoms with van der Waals surface area (Å²) >= 11 is 6.92. The molecule has 1 aromatic carbocycles. The molecule has 0 aromatic heterocycles. The van der Waals surface area contributed by atoms with Crippen LogP contribution in [0.3, 0.4) is 0 Å². The van der Waals surface area contributed by atoms with E-state index >= 15 is 0 Å². The second-order valence-corrected chi connectivity index (χ2v) is 6.26. The predicted octanol–water partition coefficient (Wildman–Crippen LogP) is 3.77. The minimum Gasteiger partial charge on any atom is -0.339 e. The number of halogens is 2. The van der Waals surface area contributed by atoms with Crippen molar-refractivity contribution in [3.05, 3.63) is 34.3 Å². The third-order valence-electron chi connectivity index (χ3n) is 3.39. The molecule has 0 radical (unpaired) electrons. The van der Waals surface area contributed by atoms with Crippen LogP contribution < -0.4 is 0 Å². The molecule has 2 rings (SSSR count). The van der Waals surface area contributed by atoms with Crippen molar-refractivity contribution < 1.29 is 4.79 Å². The molecule has 1 heterocycles. The van der Waals surface area contributed by atoms with Crippen LogP contribution in [0, 0.1) is 0 Å². The van der Waals surface area contributed by atoms with Gasteiger partial charge in [-0.2, -0.15) is 0 Å². The van der Waals surface area contributed by atoms with Gasteiger partial charge in [-0.1, -0.05) is 44.0 Å². The van der Waals surface area contributed by atoms with Crippen molar-refractivity contribution in [2.24, 2.45) is 0 Å². The summed E-state index contributed by atoms with van der Waals surface area (Å²) in [5.74, 6) is 0.251. The normalized spacial score (nSPS) is 19.9. The summed E-state index contributed by atoms with van der Waals surface area (Å²) in [4.78, 5) is 14.4. The Labute approximate surface area is 125 Å². The number of alkyl halides is 1. The van der Waals surface area contributed by atoms with Crippen LogP contribution in [0.4, 0.5) is 0 Å². The van der Waals surface area contributed by atoms with E-state index < -0.39 is 0 Å². The van der Waals surface area contributed by atoms with E-state index in [2.05, 4.69) is 31.9 Å². The molecule has 0 N–H and O–H groups in total. The van der Waals surface area contributed by atoms with Crippen molar-refractivity contribution in [3.63, 3.8) is 0 Å². The first kappa shape index (κ1) is 14.1. The van der Waals surface area contributed by atoms with Gasteiger partial charge in [0.2, 0.25) is 5.91 Å². The van der Waals surface area contributed by atoms with Gasteiger partial charge in [0.25, 0.3) is 0 Å². The Morgan fingerprint density at radius 3 is 2.67 bits per heavy atom. The number of likely N-dealkylation sites (tertiary alicyclic amines) is 1. The molecule has 4 heteroatoms. The fourth-order valence-corrected chi connectivity index (χ4v) is 3.31. The zero-order valence-corrected chi connectivity index (χ0v) is 13.4. The number of nitrogens with zero attached hydrogens (tertiary/aromatic N) is 1. The topological polar surface area (TPSA) is 20.3 Å². The molecule has 1 aliphatic rings. The molecule has 1 aliphatic heterocycles. The summed E-state index contributed by atoms with van der Waals surface area (Å²) in [6.45, 7) is 0.908. The summed E-state index contributed by atoms with van der Waals surface area (Å²) in [5, 5.41) is 0.888. The lowest BCUT2D eigenvalue weighted by Crippen LogP contribution is -2.45. The van der Waals surface area contributed by atoms with E-state index in [0.717, 1.165) is 34.8 Å². The molecule has 1 amide bonds. The number of carbonyl (C=O) groups excluding carboxylic acids is 1. The van der Waals surface area contributed by atoms with Gasteiger partial charge in [-0.05, 0) is 37.0 Å². The fourth-order valence-electron chi connectivity index (χ4n) is 2.37. The molecule has 2 nitrogen and oxygen atoms in total. The van der Waals surface area contributed by atoms with Gasteiger partial charge in [0, 0.05) is 22.4 Å². The number of rotatable bonds is 3. The first-order valence-electron chi connectivity index (χ1n) is 6.30. The van der Waals surface area contributed by atoms with Crippen LogP contribution in [0.15, 0.2) is 28.7 Å². The lowest BCUT2D eigenvalue weighted by atomic mass is 10.0. The van der Waals surface area contributed by atoms with Crippen molar-refractivity contribution in [2.75, 3.05) is 11.9 Å². The van der Waals surface area contributed by atoms with Gasteiger partial charge in [-0.3, -0.25) is 4.79 Å². The van der Waals surface area contributed by atoms with Crippen molar-refractivity contribution in [3.8, 4) is 0 Å². The first-order chi connectivity index (χ1) is 8.70. The Bertz CT molecular complexity index is 405. The second kappa shape index (κ2) is 6.71. The SMILES string of the molecule is O=C(Cc1ccc(Br)cc1)N1CCCCC1CBr. The number of amides is 1. The highest BCUT2D eigenvalue weighted by Gasteiger charge is 2.25. The second-order valence-electron chi connectivity index (χ2n) is 4.69. The van der Waals surface area contributed by atoms with E-state index in [9.17, 15) is 4.79 Å². The van der Waals surface area contributed by atoms with Crippen LogP contribution in [-0.4, -0.2) is 28.7 Å². The lowest BCUT2D eigenvalue weighted by molar-refractivity contribution is -0.133. The summed E-state index contributed by atoms with van der Waals surface area (Å²) in [7, 11) is 0. The number of piperidine rings is 1. The molecule has 0 saturated carbocycles. The number of carbonyl (C=O) groups is 1. The van der Waals surface area contributed by atoms with Gasteiger partial charge in [-0.25, -0.2) is 0 Å². The maximum Gasteiger partial charge on any atom is 0.227 e. The first-order valence-corrected chi connectivity index (χ1v) is 8.22. The molecule has 0 aliphatic carbocycles. The highest BCUT2D eigenvalue weighted by atomic mass is 79.9. The molecular formula is C14H17Br2NO. The van der Waals surface area contributed by atoms with Crippen LogP contribution in [-0.2, 0) is 11.2 Å². The summed E-state index contributed by atoms with van der Waals surface area (Å²) in [6, 6.07) is 8.37. The van der Waals surface area contributed by atoms with E-state index in [1.54, 1.807) is 0 Å². The average Bonchev–Trinajstić information content (AvgIpc) is 2.41. The van der Waals surface area contributed by atoms with E-state index in [1.807, 2.05) is 29.2 Å². The molecule has 18 heavy (non-hydrogen) atoms. The Hall–Kier alpha value is -0.350. The third-order valence-corrected chi connectivity index (χ3v) is 4.67. The highest BCUT2D eigenvalue weighted by Crippen LogP contribution is 2.20. The maximum atomic E-state index is 12.3. The summed E-state index contributed by atoms with van der Waals surface area (Å²) < 4.78 is 1.05. The van der Waals surface area contributed by atoms with Gasteiger partial charge in [-0.15, -0.1) is 0 Å². The Kier molecular flexibility index (Phi) is 5.25. The van der Waals surface area contributed by atoms with Crippen LogP contribution in [0.1, 0.15) is 24.8 Å². The quantitative estimate of drug-likeness (QED) is 0.737. The fraction of sp³-hybridized carbons (Fsp3) is 0.500. The average molecular weight is 375 g/mol. The zero-order chi connectivity index (χ0) is 13.0.